The van der Waals surface area contributed by atoms with Crippen LogP contribution in [0.4, 0.5) is 4.79 Å². The summed E-state index contributed by atoms with van der Waals surface area (Å²) in [7, 11) is 1.59. The number of carboxylic acid groups (broad SMARTS) is 1. The normalized spacial score (nSPS) is 12.6. The van der Waals surface area contributed by atoms with Crippen LogP contribution in [0.3, 0.4) is 0 Å². The van der Waals surface area contributed by atoms with E-state index in [1.54, 1.807) is 7.11 Å². The van der Waals surface area contributed by atoms with Gasteiger partial charge in [-0.2, -0.15) is 0 Å². The Morgan fingerprint density at radius 3 is 2.21 bits per heavy atom. The van der Waals surface area contributed by atoms with Crippen LogP contribution in [-0.2, 0) is 9.53 Å². The first-order chi connectivity index (χ1) is 8.79. The summed E-state index contributed by atoms with van der Waals surface area (Å²) in [6.07, 6.45) is -0.0534. The van der Waals surface area contributed by atoms with Gasteiger partial charge in [0, 0.05) is 19.7 Å². The van der Waals surface area contributed by atoms with Crippen LogP contribution in [0.15, 0.2) is 0 Å². The van der Waals surface area contributed by atoms with Crippen molar-refractivity contribution in [3.63, 3.8) is 0 Å². The van der Waals surface area contributed by atoms with Crippen molar-refractivity contribution in [2.24, 2.45) is 5.92 Å². The average molecular weight is 274 g/mol. The van der Waals surface area contributed by atoms with Crippen LogP contribution in [0.5, 0.6) is 0 Å². The second-order valence-electron chi connectivity index (χ2n) is 5.19. The lowest BCUT2D eigenvalue weighted by molar-refractivity contribution is -0.137. The SMILES string of the molecule is COCC(NC(=O)N(CCC(=O)O)C(C)C)C(C)C. The van der Waals surface area contributed by atoms with Crippen LogP contribution < -0.4 is 5.32 Å². The first-order valence-electron chi connectivity index (χ1n) is 6.57. The molecule has 6 nitrogen and oxygen atoms in total. The number of nitrogens with zero attached hydrogens (tertiary/aromatic N) is 1. The molecule has 0 saturated carbocycles. The third-order valence-corrected chi connectivity index (χ3v) is 2.91. The summed E-state index contributed by atoms with van der Waals surface area (Å²) in [5, 5.41) is 11.6. The summed E-state index contributed by atoms with van der Waals surface area (Å²) in [4.78, 5) is 24.3. The Morgan fingerprint density at radius 1 is 1.26 bits per heavy atom. The second-order valence-corrected chi connectivity index (χ2v) is 5.19. The molecule has 6 heteroatoms. The second kappa shape index (κ2) is 8.74. The first-order valence-corrected chi connectivity index (χ1v) is 6.57. The van der Waals surface area contributed by atoms with Gasteiger partial charge in [-0.25, -0.2) is 4.79 Å². The fraction of sp³-hybridized carbons (Fsp3) is 0.846. The van der Waals surface area contributed by atoms with Crippen LogP contribution >= 0.6 is 0 Å². The zero-order valence-corrected chi connectivity index (χ0v) is 12.5. The average Bonchev–Trinajstić information content (AvgIpc) is 2.27. The van der Waals surface area contributed by atoms with E-state index >= 15 is 0 Å². The van der Waals surface area contributed by atoms with Crippen LogP contribution in [0.2, 0.25) is 0 Å². The largest absolute Gasteiger partial charge is 0.481 e. The molecule has 1 atom stereocenters. The number of nitrogens with one attached hydrogen (secondary N) is 1. The number of methoxy groups -OCH3 is 1. The predicted octanol–water partition coefficient (Wildman–Crippen LogP) is 1.55. The maximum Gasteiger partial charge on any atom is 0.317 e. The zero-order valence-electron chi connectivity index (χ0n) is 12.5. The van der Waals surface area contributed by atoms with Crippen molar-refractivity contribution in [2.75, 3.05) is 20.3 Å². The summed E-state index contributed by atoms with van der Waals surface area (Å²) in [6, 6.07) is -0.370. The van der Waals surface area contributed by atoms with E-state index < -0.39 is 5.97 Å². The highest BCUT2D eigenvalue weighted by atomic mass is 16.5. The fourth-order valence-electron chi connectivity index (χ4n) is 1.63. The summed E-state index contributed by atoms with van der Waals surface area (Å²) in [5.74, 6) is -0.659. The molecule has 2 amide bonds. The Hall–Kier alpha value is -1.30. The molecule has 0 aliphatic heterocycles. The minimum Gasteiger partial charge on any atom is -0.481 e. The minimum atomic E-state index is -0.907. The van der Waals surface area contributed by atoms with Crippen LogP contribution in [0.25, 0.3) is 0 Å². The Balaban J connectivity index is 4.57. The smallest absolute Gasteiger partial charge is 0.317 e. The molecule has 0 heterocycles. The Kier molecular flexibility index (Phi) is 8.14. The number of urea groups is 1. The van der Waals surface area contributed by atoms with Gasteiger partial charge in [0.1, 0.15) is 0 Å². The van der Waals surface area contributed by atoms with E-state index in [9.17, 15) is 9.59 Å². The predicted molar refractivity (Wildman–Crippen MR) is 73.1 cm³/mol. The maximum atomic E-state index is 12.2. The number of ether oxygens (including phenoxy) is 1. The van der Waals surface area contributed by atoms with E-state index in [0.717, 1.165) is 0 Å². The van der Waals surface area contributed by atoms with E-state index in [0.29, 0.717) is 6.61 Å². The number of carbonyl (C=O) groups is 2. The number of rotatable bonds is 8. The molecule has 0 saturated heterocycles. The van der Waals surface area contributed by atoms with Gasteiger partial charge in [0.15, 0.2) is 0 Å². The summed E-state index contributed by atoms with van der Waals surface area (Å²) < 4.78 is 5.08. The molecule has 0 aliphatic carbocycles. The topological polar surface area (TPSA) is 78.9 Å². The van der Waals surface area contributed by atoms with Gasteiger partial charge in [-0.15, -0.1) is 0 Å². The molecular weight excluding hydrogens is 248 g/mol. The van der Waals surface area contributed by atoms with Crippen molar-refractivity contribution in [1.82, 2.24) is 10.2 Å². The third-order valence-electron chi connectivity index (χ3n) is 2.91. The Bertz CT molecular complexity index is 292. The lowest BCUT2D eigenvalue weighted by Gasteiger charge is -2.30. The molecule has 0 aromatic carbocycles. The first kappa shape index (κ1) is 17.7. The van der Waals surface area contributed by atoms with Crippen molar-refractivity contribution in [2.45, 2.75) is 46.2 Å². The van der Waals surface area contributed by atoms with Crippen molar-refractivity contribution in [3.8, 4) is 0 Å². The lowest BCUT2D eigenvalue weighted by Crippen LogP contribution is -2.51. The van der Waals surface area contributed by atoms with E-state index in [1.165, 1.54) is 4.90 Å². The highest BCUT2D eigenvalue weighted by molar-refractivity contribution is 5.76. The van der Waals surface area contributed by atoms with Gasteiger partial charge >= 0.3 is 12.0 Å². The monoisotopic (exact) mass is 274 g/mol. The Labute approximate surface area is 115 Å². The molecule has 112 valence electrons. The van der Waals surface area contributed by atoms with Crippen molar-refractivity contribution < 1.29 is 19.4 Å². The molecule has 0 bridgehead atoms. The number of carbonyl (C=O) groups excluding carboxylic acids is 1. The lowest BCUT2D eigenvalue weighted by atomic mass is 10.1. The van der Waals surface area contributed by atoms with Gasteiger partial charge in [-0.3, -0.25) is 4.79 Å². The minimum absolute atomic E-state index is 0.0466. The van der Waals surface area contributed by atoms with Gasteiger partial charge in [-0.05, 0) is 19.8 Å². The van der Waals surface area contributed by atoms with Crippen LogP contribution in [-0.4, -0.2) is 54.4 Å². The molecule has 0 aliphatic rings. The zero-order chi connectivity index (χ0) is 15.0. The van der Waals surface area contributed by atoms with Gasteiger partial charge in [0.2, 0.25) is 0 Å². The summed E-state index contributed by atoms with van der Waals surface area (Å²) in [6.45, 7) is 8.37. The molecule has 0 rings (SSSR count). The summed E-state index contributed by atoms with van der Waals surface area (Å²) in [5.41, 5.74) is 0. The van der Waals surface area contributed by atoms with Crippen molar-refractivity contribution in [1.29, 1.82) is 0 Å². The number of carboxylic acids is 1. The quantitative estimate of drug-likeness (QED) is 0.704. The molecule has 2 N–H and O–H groups in total. The van der Waals surface area contributed by atoms with E-state index in [4.69, 9.17) is 9.84 Å². The number of amides is 2. The highest BCUT2D eigenvalue weighted by Crippen LogP contribution is 2.06. The number of hydrogen-bond donors (Lipinski definition) is 2. The number of hydrogen-bond acceptors (Lipinski definition) is 3. The van der Waals surface area contributed by atoms with Crippen LogP contribution in [0, 0.1) is 5.92 Å². The standard InChI is InChI=1S/C13H26N2O4/c1-9(2)11(8-19-5)14-13(18)15(10(3)4)7-6-12(16)17/h9-11H,6-8H2,1-5H3,(H,14,18)(H,16,17). The van der Waals surface area contributed by atoms with Gasteiger partial charge in [-0.1, -0.05) is 13.8 Å². The number of aliphatic carboxylic acids is 1. The van der Waals surface area contributed by atoms with Gasteiger partial charge < -0.3 is 20.1 Å². The molecule has 0 radical (unpaired) electrons. The van der Waals surface area contributed by atoms with Gasteiger partial charge in [0.25, 0.3) is 0 Å². The summed E-state index contributed by atoms with van der Waals surface area (Å²) >= 11 is 0. The maximum absolute atomic E-state index is 12.2. The molecule has 0 spiro atoms. The van der Waals surface area contributed by atoms with Crippen molar-refractivity contribution >= 4 is 12.0 Å². The van der Waals surface area contributed by atoms with Gasteiger partial charge in [0.05, 0.1) is 19.1 Å². The molecule has 0 fully saturated rings. The molecule has 1 unspecified atom stereocenters. The van der Waals surface area contributed by atoms with Crippen molar-refractivity contribution in [3.05, 3.63) is 0 Å². The molecule has 19 heavy (non-hydrogen) atoms. The van der Waals surface area contributed by atoms with E-state index in [2.05, 4.69) is 5.32 Å². The van der Waals surface area contributed by atoms with Crippen LogP contribution in [0.1, 0.15) is 34.1 Å². The molecule has 0 aromatic heterocycles. The van der Waals surface area contributed by atoms with E-state index in [-0.39, 0.29) is 37.0 Å². The third kappa shape index (κ3) is 7.00. The fourth-order valence-corrected chi connectivity index (χ4v) is 1.63. The Morgan fingerprint density at radius 2 is 1.84 bits per heavy atom. The molecular formula is C13H26N2O4. The van der Waals surface area contributed by atoms with E-state index in [1.807, 2.05) is 27.7 Å². The highest BCUT2D eigenvalue weighted by Gasteiger charge is 2.22. The molecule has 0 aromatic rings.